The highest BCUT2D eigenvalue weighted by Crippen LogP contribution is 2.38. The number of aldehydes is 1. The number of ether oxygens (including phenoxy) is 3. The van der Waals surface area contributed by atoms with Gasteiger partial charge in [0.25, 0.3) is 0 Å². The van der Waals surface area contributed by atoms with Crippen molar-refractivity contribution in [2.75, 3.05) is 21.3 Å². The van der Waals surface area contributed by atoms with Crippen LogP contribution in [0.25, 0.3) is 23.3 Å². The molecule has 0 N–H and O–H groups in total. The quantitative estimate of drug-likeness (QED) is 0.319. The second-order valence-corrected chi connectivity index (χ2v) is 7.11. The molecular weight excluding hydrogens is 432 g/mol. The van der Waals surface area contributed by atoms with Crippen molar-refractivity contribution < 1.29 is 19.0 Å². The van der Waals surface area contributed by atoms with Gasteiger partial charge in [0.05, 0.1) is 21.3 Å². The summed E-state index contributed by atoms with van der Waals surface area (Å²) in [4.78, 5) is 11.3. The van der Waals surface area contributed by atoms with Gasteiger partial charge in [-0.3, -0.25) is 4.79 Å². The van der Waals surface area contributed by atoms with Gasteiger partial charge in [-0.2, -0.15) is 0 Å². The average Bonchev–Trinajstić information content (AvgIpc) is 2.77. The fraction of sp³-hybridized carbons (Fsp3) is 0.125. The fourth-order valence-electron chi connectivity index (χ4n) is 3.01. The highest BCUT2D eigenvalue weighted by molar-refractivity contribution is 9.10. The third kappa shape index (κ3) is 4.69. The molecule has 0 heterocycles. The maximum absolute atomic E-state index is 11.3. The standard InChI is InChI=1S/C24H21BrO4/c1-27-19-8-9-22(25)18(14-19)7-4-16-5-10-23(28-2)20(12-16)21-13-17(15-26)6-11-24(21)29-3/h4-15H,1-3H3/b7-4+. The van der Waals surface area contributed by atoms with Crippen LogP contribution in [0.2, 0.25) is 0 Å². The maximum atomic E-state index is 11.3. The van der Waals surface area contributed by atoms with E-state index in [4.69, 9.17) is 14.2 Å². The van der Waals surface area contributed by atoms with E-state index >= 15 is 0 Å². The van der Waals surface area contributed by atoms with Crippen LogP contribution in [0.4, 0.5) is 0 Å². The summed E-state index contributed by atoms with van der Waals surface area (Å²) in [7, 11) is 4.88. The van der Waals surface area contributed by atoms with Crippen LogP contribution < -0.4 is 14.2 Å². The van der Waals surface area contributed by atoms with Crippen molar-refractivity contribution in [1.29, 1.82) is 0 Å². The van der Waals surface area contributed by atoms with Gasteiger partial charge >= 0.3 is 0 Å². The third-order valence-corrected chi connectivity index (χ3v) is 5.25. The summed E-state index contributed by atoms with van der Waals surface area (Å²) in [5, 5.41) is 0. The number of carbonyl (C=O) groups is 1. The van der Waals surface area contributed by atoms with E-state index in [1.54, 1.807) is 39.5 Å². The lowest BCUT2D eigenvalue weighted by molar-refractivity contribution is 0.112. The third-order valence-electron chi connectivity index (χ3n) is 4.53. The number of hydrogen-bond donors (Lipinski definition) is 0. The van der Waals surface area contributed by atoms with Crippen LogP contribution >= 0.6 is 15.9 Å². The first-order valence-corrected chi connectivity index (χ1v) is 9.72. The van der Waals surface area contributed by atoms with Crippen molar-refractivity contribution in [1.82, 2.24) is 0 Å². The number of halogens is 1. The second-order valence-electron chi connectivity index (χ2n) is 6.26. The first-order chi connectivity index (χ1) is 14.1. The molecule has 29 heavy (non-hydrogen) atoms. The minimum atomic E-state index is 0.573. The largest absolute Gasteiger partial charge is 0.497 e. The van der Waals surface area contributed by atoms with Crippen LogP contribution in [0.3, 0.4) is 0 Å². The zero-order valence-electron chi connectivity index (χ0n) is 16.4. The van der Waals surface area contributed by atoms with E-state index in [2.05, 4.69) is 15.9 Å². The monoisotopic (exact) mass is 452 g/mol. The molecule has 0 amide bonds. The van der Waals surface area contributed by atoms with Crippen LogP contribution in [0, 0.1) is 0 Å². The summed E-state index contributed by atoms with van der Waals surface area (Å²) in [5.41, 5.74) is 4.20. The van der Waals surface area contributed by atoms with Crippen LogP contribution in [0.1, 0.15) is 21.5 Å². The van der Waals surface area contributed by atoms with E-state index in [0.717, 1.165) is 38.8 Å². The summed E-state index contributed by atoms with van der Waals surface area (Å²) in [5.74, 6) is 2.16. The first kappa shape index (κ1) is 20.7. The molecule has 0 aliphatic heterocycles. The van der Waals surface area contributed by atoms with E-state index in [9.17, 15) is 4.79 Å². The summed E-state index contributed by atoms with van der Waals surface area (Å²) < 4.78 is 17.3. The molecule has 0 atom stereocenters. The van der Waals surface area contributed by atoms with E-state index in [1.165, 1.54) is 0 Å². The van der Waals surface area contributed by atoms with Crippen LogP contribution in [-0.2, 0) is 0 Å². The molecule has 5 heteroatoms. The Morgan fingerprint density at radius 3 is 1.93 bits per heavy atom. The number of hydrogen-bond acceptors (Lipinski definition) is 4. The van der Waals surface area contributed by atoms with Crippen molar-refractivity contribution >= 4 is 34.4 Å². The van der Waals surface area contributed by atoms with Gasteiger partial charge < -0.3 is 14.2 Å². The van der Waals surface area contributed by atoms with Crippen molar-refractivity contribution in [3.05, 3.63) is 75.8 Å². The molecule has 3 aromatic rings. The lowest BCUT2D eigenvalue weighted by Crippen LogP contribution is -1.94. The molecule has 0 radical (unpaired) electrons. The van der Waals surface area contributed by atoms with Crippen molar-refractivity contribution in [3.8, 4) is 28.4 Å². The summed E-state index contributed by atoms with van der Waals surface area (Å²) in [6.07, 6.45) is 4.84. The molecule has 0 unspecified atom stereocenters. The molecule has 0 saturated heterocycles. The lowest BCUT2D eigenvalue weighted by atomic mass is 9.98. The summed E-state index contributed by atoms with van der Waals surface area (Å²) in [6, 6.07) is 17.0. The normalized spacial score (nSPS) is 10.8. The predicted octanol–water partition coefficient (Wildman–Crippen LogP) is 6.12. The predicted molar refractivity (Wildman–Crippen MR) is 120 cm³/mol. The maximum Gasteiger partial charge on any atom is 0.150 e. The molecule has 0 bridgehead atoms. The Morgan fingerprint density at radius 1 is 0.724 bits per heavy atom. The van der Waals surface area contributed by atoms with Crippen molar-refractivity contribution in [3.63, 3.8) is 0 Å². The van der Waals surface area contributed by atoms with Crippen LogP contribution in [0.5, 0.6) is 17.2 Å². The van der Waals surface area contributed by atoms with Gasteiger partial charge in [0, 0.05) is 21.2 Å². The Hall–Kier alpha value is -3.05. The van der Waals surface area contributed by atoms with Gasteiger partial charge in [-0.1, -0.05) is 34.1 Å². The summed E-state index contributed by atoms with van der Waals surface area (Å²) >= 11 is 3.57. The number of methoxy groups -OCH3 is 3. The molecule has 0 aliphatic rings. The van der Waals surface area contributed by atoms with Crippen molar-refractivity contribution in [2.45, 2.75) is 0 Å². The molecule has 4 nitrogen and oxygen atoms in total. The van der Waals surface area contributed by atoms with E-state index in [1.807, 2.05) is 48.6 Å². The van der Waals surface area contributed by atoms with Gasteiger partial charge in [-0.25, -0.2) is 0 Å². The molecule has 148 valence electrons. The Labute approximate surface area is 178 Å². The molecule has 0 saturated carbocycles. The molecule has 3 aromatic carbocycles. The number of carbonyl (C=O) groups excluding carboxylic acids is 1. The zero-order valence-corrected chi connectivity index (χ0v) is 18.0. The van der Waals surface area contributed by atoms with Gasteiger partial charge in [0.2, 0.25) is 0 Å². The minimum absolute atomic E-state index is 0.573. The number of rotatable bonds is 7. The van der Waals surface area contributed by atoms with Gasteiger partial charge in [-0.15, -0.1) is 0 Å². The second kappa shape index (κ2) is 9.43. The molecular formula is C24H21BrO4. The average molecular weight is 453 g/mol. The van der Waals surface area contributed by atoms with E-state index in [0.29, 0.717) is 17.1 Å². The van der Waals surface area contributed by atoms with Gasteiger partial charge in [-0.05, 0) is 59.7 Å². The highest BCUT2D eigenvalue weighted by Gasteiger charge is 2.13. The molecule has 0 aliphatic carbocycles. The lowest BCUT2D eigenvalue weighted by Gasteiger charge is -2.14. The topological polar surface area (TPSA) is 44.8 Å². The Morgan fingerprint density at radius 2 is 1.34 bits per heavy atom. The number of benzene rings is 3. The summed E-state index contributed by atoms with van der Waals surface area (Å²) in [6.45, 7) is 0. The Kier molecular flexibility index (Phi) is 6.73. The molecule has 3 rings (SSSR count). The van der Waals surface area contributed by atoms with Gasteiger partial charge in [0.15, 0.2) is 0 Å². The molecule has 0 fully saturated rings. The highest BCUT2D eigenvalue weighted by atomic mass is 79.9. The van der Waals surface area contributed by atoms with E-state index < -0.39 is 0 Å². The zero-order chi connectivity index (χ0) is 20.8. The molecule has 0 aromatic heterocycles. The minimum Gasteiger partial charge on any atom is -0.497 e. The smallest absolute Gasteiger partial charge is 0.150 e. The van der Waals surface area contributed by atoms with Crippen LogP contribution in [-0.4, -0.2) is 27.6 Å². The SMILES string of the molecule is COc1ccc(Br)c(/C=C/c2ccc(OC)c(-c3cc(C=O)ccc3OC)c2)c1. The van der Waals surface area contributed by atoms with Crippen molar-refractivity contribution in [2.24, 2.45) is 0 Å². The Balaban J connectivity index is 2.06. The van der Waals surface area contributed by atoms with E-state index in [-0.39, 0.29) is 0 Å². The van der Waals surface area contributed by atoms with Crippen LogP contribution in [0.15, 0.2) is 59.1 Å². The molecule has 0 spiro atoms. The van der Waals surface area contributed by atoms with Gasteiger partial charge in [0.1, 0.15) is 23.5 Å². The fourth-order valence-corrected chi connectivity index (χ4v) is 3.39. The Bertz CT molecular complexity index is 1060. The first-order valence-electron chi connectivity index (χ1n) is 8.93.